The Hall–Kier alpha value is -0.970. The van der Waals surface area contributed by atoms with Crippen molar-refractivity contribution in [3.05, 3.63) is 35.1 Å². The van der Waals surface area contributed by atoms with E-state index in [-0.39, 0.29) is 12.4 Å². The molecule has 0 unspecified atom stereocenters. The van der Waals surface area contributed by atoms with E-state index in [4.69, 9.17) is 5.73 Å². The van der Waals surface area contributed by atoms with Gasteiger partial charge in [-0.3, -0.25) is 4.90 Å². The summed E-state index contributed by atoms with van der Waals surface area (Å²) in [6.07, 6.45) is 2.41. The summed E-state index contributed by atoms with van der Waals surface area (Å²) in [6, 6.07) is 5.99. The molecule has 2 N–H and O–H groups in total. The number of benzene rings is 1. The second-order valence-corrected chi connectivity index (χ2v) is 5.60. The molecule has 1 aliphatic rings. The van der Waals surface area contributed by atoms with E-state index in [2.05, 4.69) is 23.9 Å². The molecule has 0 bridgehead atoms. The van der Waals surface area contributed by atoms with Gasteiger partial charge in [-0.1, -0.05) is 12.1 Å². The van der Waals surface area contributed by atoms with Crippen molar-refractivity contribution in [2.75, 3.05) is 27.2 Å². The minimum absolute atomic E-state index is 0.197. The van der Waals surface area contributed by atoms with E-state index in [9.17, 15) is 4.39 Å². The van der Waals surface area contributed by atoms with Crippen LogP contribution in [-0.4, -0.2) is 43.0 Å². The first-order chi connectivity index (χ1) is 9.10. The summed E-state index contributed by atoms with van der Waals surface area (Å²) in [6.45, 7) is 3.38. The molecular formula is C15H24FN3. The summed E-state index contributed by atoms with van der Waals surface area (Å²) in [5.74, 6) is -0.197. The molecule has 1 aliphatic heterocycles. The average Bonchev–Trinajstić information content (AvgIpc) is 2.41. The van der Waals surface area contributed by atoms with Crippen LogP contribution < -0.4 is 5.73 Å². The number of hydrogen-bond acceptors (Lipinski definition) is 3. The van der Waals surface area contributed by atoms with Crippen LogP contribution in [-0.2, 0) is 13.1 Å². The van der Waals surface area contributed by atoms with E-state index >= 15 is 0 Å². The maximum absolute atomic E-state index is 13.4. The van der Waals surface area contributed by atoms with Gasteiger partial charge in [0.15, 0.2) is 0 Å². The fourth-order valence-electron chi connectivity index (χ4n) is 2.73. The van der Waals surface area contributed by atoms with Crippen LogP contribution in [0.15, 0.2) is 18.2 Å². The fraction of sp³-hybridized carbons (Fsp3) is 0.600. The predicted molar refractivity (Wildman–Crippen MR) is 76.3 cm³/mol. The molecule has 0 aliphatic carbocycles. The first-order valence-electron chi connectivity index (χ1n) is 6.96. The van der Waals surface area contributed by atoms with E-state index in [1.165, 1.54) is 18.9 Å². The molecule has 1 heterocycles. The molecule has 106 valence electrons. The van der Waals surface area contributed by atoms with Gasteiger partial charge in [0.2, 0.25) is 0 Å². The van der Waals surface area contributed by atoms with Crippen molar-refractivity contribution >= 4 is 0 Å². The third kappa shape index (κ3) is 3.75. The number of rotatable bonds is 4. The Morgan fingerprint density at radius 2 is 2.00 bits per heavy atom. The number of piperidine rings is 1. The maximum atomic E-state index is 13.4. The summed E-state index contributed by atoms with van der Waals surface area (Å²) in [5.41, 5.74) is 7.31. The molecule has 2 rings (SSSR count). The third-order valence-electron chi connectivity index (χ3n) is 4.02. The molecule has 4 heteroatoms. The minimum atomic E-state index is -0.197. The molecule has 0 amide bonds. The number of likely N-dealkylation sites (tertiary alicyclic amines) is 1. The SMILES string of the molecule is CN(C)C1CCN(Cc2ccc(F)c(CN)c2)CC1. The van der Waals surface area contributed by atoms with E-state index < -0.39 is 0 Å². The van der Waals surface area contributed by atoms with E-state index in [0.29, 0.717) is 11.6 Å². The number of halogens is 1. The summed E-state index contributed by atoms with van der Waals surface area (Å²) in [4.78, 5) is 4.75. The lowest BCUT2D eigenvalue weighted by molar-refractivity contribution is 0.140. The molecule has 1 aromatic carbocycles. The van der Waals surface area contributed by atoms with Gasteiger partial charge in [0, 0.05) is 24.7 Å². The van der Waals surface area contributed by atoms with Crippen LogP contribution >= 0.6 is 0 Å². The number of hydrogen-bond donors (Lipinski definition) is 1. The first kappa shape index (κ1) is 14.4. The Morgan fingerprint density at radius 1 is 1.32 bits per heavy atom. The molecule has 1 fully saturated rings. The highest BCUT2D eigenvalue weighted by Crippen LogP contribution is 2.18. The van der Waals surface area contributed by atoms with Crippen molar-refractivity contribution in [1.82, 2.24) is 9.80 Å². The van der Waals surface area contributed by atoms with Gasteiger partial charge in [-0.05, 0) is 51.7 Å². The molecule has 0 radical (unpaired) electrons. The van der Waals surface area contributed by atoms with Gasteiger partial charge in [0.05, 0.1) is 0 Å². The summed E-state index contributed by atoms with van der Waals surface area (Å²) in [5, 5.41) is 0. The lowest BCUT2D eigenvalue weighted by atomic mass is 10.0. The van der Waals surface area contributed by atoms with Crippen molar-refractivity contribution in [2.45, 2.75) is 32.0 Å². The highest BCUT2D eigenvalue weighted by atomic mass is 19.1. The van der Waals surface area contributed by atoms with Crippen molar-refractivity contribution in [2.24, 2.45) is 5.73 Å². The van der Waals surface area contributed by atoms with Crippen LogP contribution in [0.5, 0.6) is 0 Å². The smallest absolute Gasteiger partial charge is 0.127 e. The summed E-state index contributed by atoms with van der Waals surface area (Å²) < 4.78 is 13.4. The maximum Gasteiger partial charge on any atom is 0.127 e. The Labute approximate surface area is 115 Å². The van der Waals surface area contributed by atoms with E-state index in [0.717, 1.165) is 25.2 Å². The van der Waals surface area contributed by atoms with Gasteiger partial charge >= 0.3 is 0 Å². The Kier molecular flexibility index (Phi) is 4.91. The Balaban J connectivity index is 1.92. The van der Waals surface area contributed by atoms with Crippen LogP contribution in [0.4, 0.5) is 4.39 Å². The largest absolute Gasteiger partial charge is 0.326 e. The van der Waals surface area contributed by atoms with Crippen molar-refractivity contribution in [1.29, 1.82) is 0 Å². The van der Waals surface area contributed by atoms with E-state index in [1.54, 1.807) is 0 Å². The quantitative estimate of drug-likeness (QED) is 0.901. The highest BCUT2D eigenvalue weighted by Gasteiger charge is 2.20. The lowest BCUT2D eigenvalue weighted by Crippen LogP contribution is -2.41. The highest BCUT2D eigenvalue weighted by molar-refractivity contribution is 5.25. The zero-order valence-electron chi connectivity index (χ0n) is 11.9. The summed E-state index contributed by atoms with van der Waals surface area (Å²) in [7, 11) is 4.29. The molecular weight excluding hydrogens is 241 g/mol. The molecule has 1 aromatic rings. The van der Waals surface area contributed by atoms with Crippen LogP contribution in [0.1, 0.15) is 24.0 Å². The van der Waals surface area contributed by atoms with Gasteiger partial charge in [0.1, 0.15) is 5.82 Å². The van der Waals surface area contributed by atoms with Gasteiger partial charge < -0.3 is 10.6 Å². The van der Waals surface area contributed by atoms with E-state index in [1.807, 2.05) is 12.1 Å². The first-order valence-corrected chi connectivity index (χ1v) is 6.96. The van der Waals surface area contributed by atoms with Gasteiger partial charge in [-0.25, -0.2) is 4.39 Å². The number of nitrogens with zero attached hydrogens (tertiary/aromatic N) is 2. The molecule has 0 atom stereocenters. The second-order valence-electron chi connectivity index (χ2n) is 5.60. The Bertz CT molecular complexity index is 412. The molecule has 0 spiro atoms. The molecule has 19 heavy (non-hydrogen) atoms. The van der Waals surface area contributed by atoms with Crippen LogP contribution in [0, 0.1) is 5.82 Å². The standard InChI is InChI=1S/C15H24FN3/c1-18(2)14-5-7-19(8-6-14)11-12-3-4-15(16)13(9-12)10-17/h3-4,9,14H,5-8,10-11,17H2,1-2H3. The molecule has 3 nitrogen and oxygen atoms in total. The monoisotopic (exact) mass is 265 g/mol. The van der Waals surface area contributed by atoms with Crippen molar-refractivity contribution in [3.63, 3.8) is 0 Å². The molecule has 0 aromatic heterocycles. The second kappa shape index (κ2) is 6.46. The molecule has 0 saturated carbocycles. The lowest BCUT2D eigenvalue weighted by Gasteiger charge is -2.35. The van der Waals surface area contributed by atoms with Crippen molar-refractivity contribution in [3.8, 4) is 0 Å². The van der Waals surface area contributed by atoms with Crippen LogP contribution in [0.3, 0.4) is 0 Å². The zero-order valence-corrected chi connectivity index (χ0v) is 11.9. The minimum Gasteiger partial charge on any atom is -0.326 e. The molecule has 1 saturated heterocycles. The normalized spacial score (nSPS) is 18.2. The summed E-state index contributed by atoms with van der Waals surface area (Å²) >= 11 is 0. The Morgan fingerprint density at radius 3 is 2.58 bits per heavy atom. The van der Waals surface area contributed by atoms with Gasteiger partial charge in [-0.2, -0.15) is 0 Å². The zero-order chi connectivity index (χ0) is 13.8. The van der Waals surface area contributed by atoms with Crippen LogP contribution in [0.25, 0.3) is 0 Å². The third-order valence-corrected chi connectivity index (χ3v) is 4.02. The fourth-order valence-corrected chi connectivity index (χ4v) is 2.73. The number of nitrogens with two attached hydrogens (primary N) is 1. The topological polar surface area (TPSA) is 32.5 Å². The van der Waals surface area contributed by atoms with Crippen LogP contribution in [0.2, 0.25) is 0 Å². The average molecular weight is 265 g/mol. The predicted octanol–water partition coefficient (Wildman–Crippen LogP) is 1.81. The van der Waals surface area contributed by atoms with Gasteiger partial charge in [0.25, 0.3) is 0 Å². The van der Waals surface area contributed by atoms with Crippen molar-refractivity contribution < 1.29 is 4.39 Å². The van der Waals surface area contributed by atoms with Gasteiger partial charge in [-0.15, -0.1) is 0 Å².